The molecule has 1 unspecified atom stereocenters. The number of alkyl halides is 1. The van der Waals surface area contributed by atoms with E-state index in [1.807, 2.05) is 0 Å². The lowest BCUT2D eigenvalue weighted by Crippen LogP contribution is -1.97. The molecule has 0 aliphatic heterocycles. The van der Waals surface area contributed by atoms with Crippen LogP contribution in [0.15, 0.2) is 24.3 Å². The summed E-state index contributed by atoms with van der Waals surface area (Å²) in [5.74, 6) is -0.222. The monoisotopic (exact) mass is 380 g/mol. The zero-order valence-electron chi connectivity index (χ0n) is 9.43. The first kappa shape index (κ1) is 13.3. The highest BCUT2D eigenvalue weighted by Gasteiger charge is 2.18. The van der Waals surface area contributed by atoms with Crippen LogP contribution in [-0.2, 0) is 0 Å². The third kappa shape index (κ3) is 2.83. The van der Waals surface area contributed by atoms with E-state index in [2.05, 4.69) is 42.5 Å². The van der Waals surface area contributed by atoms with Gasteiger partial charge >= 0.3 is 0 Å². The maximum atomic E-state index is 13.1. The fourth-order valence-corrected chi connectivity index (χ4v) is 4.19. The van der Waals surface area contributed by atoms with Crippen LogP contribution < -0.4 is 0 Å². The Balaban J connectivity index is 2.43. The van der Waals surface area contributed by atoms with Crippen LogP contribution in [0.4, 0.5) is 4.39 Å². The topological polar surface area (TPSA) is 0 Å². The number of hydrogen-bond acceptors (Lipinski definition) is 1. The Morgan fingerprint density at radius 3 is 2.47 bits per heavy atom. The molecular weight excluding hydrogens is 370 g/mol. The number of thiophene rings is 1. The Morgan fingerprint density at radius 1 is 1.24 bits per heavy atom. The van der Waals surface area contributed by atoms with Gasteiger partial charge < -0.3 is 0 Å². The standard InChI is InChI=1S/C13H11ClFIS/c1-7-5-11(8(2)17-7)13(14)10-4-3-9(15)6-12(10)16/h3-6,13H,1-2H3. The number of aryl methyl sites for hydroxylation is 2. The molecule has 0 radical (unpaired) electrons. The van der Waals surface area contributed by atoms with Gasteiger partial charge in [0, 0.05) is 13.3 Å². The average molecular weight is 381 g/mol. The van der Waals surface area contributed by atoms with Gasteiger partial charge in [-0.2, -0.15) is 0 Å². The highest BCUT2D eigenvalue weighted by atomic mass is 127. The van der Waals surface area contributed by atoms with Gasteiger partial charge in [0.2, 0.25) is 0 Å². The molecule has 17 heavy (non-hydrogen) atoms. The van der Waals surface area contributed by atoms with Crippen LogP contribution >= 0.6 is 45.5 Å². The van der Waals surface area contributed by atoms with Gasteiger partial charge in [0.25, 0.3) is 0 Å². The molecule has 0 aliphatic carbocycles. The Hall–Kier alpha value is -0.130. The van der Waals surface area contributed by atoms with Gasteiger partial charge in [-0.05, 0) is 65.8 Å². The molecule has 2 rings (SSSR count). The van der Waals surface area contributed by atoms with E-state index in [4.69, 9.17) is 11.6 Å². The first-order chi connectivity index (χ1) is 7.99. The van der Waals surface area contributed by atoms with Crippen LogP contribution in [0.3, 0.4) is 0 Å². The van der Waals surface area contributed by atoms with Crippen molar-refractivity contribution in [2.75, 3.05) is 0 Å². The van der Waals surface area contributed by atoms with Crippen LogP contribution in [0.5, 0.6) is 0 Å². The van der Waals surface area contributed by atoms with Crippen molar-refractivity contribution in [2.45, 2.75) is 19.2 Å². The molecule has 2 aromatic rings. The number of hydrogen-bond donors (Lipinski definition) is 0. The van der Waals surface area contributed by atoms with Crippen LogP contribution in [0, 0.1) is 23.2 Å². The summed E-state index contributed by atoms with van der Waals surface area (Å²) in [7, 11) is 0. The van der Waals surface area contributed by atoms with Crippen molar-refractivity contribution in [1.82, 2.24) is 0 Å². The summed E-state index contributed by atoms with van der Waals surface area (Å²) in [4.78, 5) is 2.47. The molecule has 0 saturated carbocycles. The Kier molecular flexibility index (Phi) is 4.10. The van der Waals surface area contributed by atoms with E-state index in [0.717, 1.165) is 14.7 Å². The minimum atomic E-state index is -0.222. The third-order valence-electron chi connectivity index (χ3n) is 2.59. The van der Waals surface area contributed by atoms with E-state index in [-0.39, 0.29) is 11.2 Å². The molecule has 0 spiro atoms. The van der Waals surface area contributed by atoms with Gasteiger partial charge in [0.1, 0.15) is 5.82 Å². The lowest BCUT2D eigenvalue weighted by Gasteiger charge is -2.12. The highest BCUT2D eigenvalue weighted by Crippen LogP contribution is 2.37. The zero-order valence-corrected chi connectivity index (χ0v) is 13.2. The molecule has 4 heteroatoms. The van der Waals surface area contributed by atoms with Crippen molar-refractivity contribution >= 4 is 45.5 Å². The molecular formula is C13H11ClFIS. The molecule has 90 valence electrons. The molecule has 1 atom stereocenters. The van der Waals surface area contributed by atoms with E-state index < -0.39 is 0 Å². The van der Waals surface area contributed by atoms with Crippen LogP contribution in [0.1, 0.15) is 26.3 Å². The molecule has 1 aromatic carbocycles. The van der Waals surface area contributed by atoms with E-state index >= 15 is 0 Å². The molecule has 0 nitrogen and oxygen atoms in total. The minimum Gasteiger partial charge on any atom is -0.207 e. The van der Waals surface area contributed by atoms with Gasteiger partial charge in [0.05, 0.1) is 5.38 Å². The number of halogens is 3. The van der Waals surface area contributed by atoms with E-state index in [1.165, 1.54) is 21.9 Å². The average Bonchev–Trinajstić information content (AvgIpc) is 2.57. The second-order valence-electron chi connectivity index (χ2n) is 3.90. The van der Waals surface area contributed by atoms with Crippen LogP contribution in [0.25, 0.3) is 0 Å². The lowest BCUT2D eigenvalue weighted by molar-refractivity contribution is 0.626. The summed E-state index contributed by atoms with van der Waals surface area (Å²) in [5, 5.41) is -0.201. The van der Waals surface area contributed by atoms with E-state index in [0.29, 0.717) is 0 Å². The second-order valence-corrected chi connectivity index (χ2v) is 6.96. The second kappa shape index (κ2) is 5.24. The normalized spacial score (nSPS) is 12.8. The van der Waals surface area contributed by atoms with Gasteiger partial charge in [-0.1, -0.05) is 6.07 Å². The summed E-state index contributed by atoms with van der Waals surface area (Å²) in [6, 6.07) is 6.85. The van der Waals surface area contributed by atoms with Crippen LogP contribution in [-0.4, -0.2) is 0 Å². The Bertz CT molecular complexity index is 550. The van der Waals surface area contributed by atoms with Gasteiger partial charge in [0.15, 0.2) is 0 Å². The SMILES string of the molecule is Cc1cc(C(Cl)c2ccc(F)cc2I)c(C)s1. The smallest absolute Gasteiger partial charge is 0.124 e. The summed E-state index contributed by atoms with van der Waals surface area (Å²) in [6.07, 6.45) is 0. The first-order valence-electron chi connectivity index (χ1n) is 5.15. The van der Waals surface area contributed by atoms with Crippen molar-refractivity contribution in [1.29, 1.82) is 0 Å². The fourth-order valence-electron chi connectivity index (χ4n) is 1.78. The quantitative estimate of drug-likeness (QED) is 0.481. The molecule has 0 fully saturated rings. The largest absolute Gasteiger partial charge is 0.207 e. The third-order valence-corrected chi connectivity index (χ3v) is 4.97. The van der Waals surface area contributed by atoms with Gasteiger partial charge in [-0.3, -0.25) is 0 Å². The predicted octanol–water partition coefficient (Wildman–Crippen LogP) is 5.44. The lowest BCUT2D eigenvalue weighted by atomic mass is 10.1. The van der Waals surface area contributed by atoms with Crippen molar-refractivity contribution in [3.05, 3.63) is 54.5 Å². The molecule has 0 bridgehead atoms. The summed E-state index contributed by atoms with van der Waals surface area (Å²) >= 11 is 10.4. The Morgan fingerprint density at radius 2 is 1.94 bits per heavy atom. The number of rotatable bonds is 2. The molecule has 0 N–H and O–H groups in total. The van der Waals surface area contributed by atoms with Gasteiger partial charge in [-0.25, -0.2) is 4.39 Å². The first-order valence-corrected chi connectivity index (χ1v) is 7.48. The number of benzene rings is 1. The van der Waals surface area contributed by atoms with E-state index in [9.17, 15) is 4.39 Å². The van der Waals surface area contributed by atoms with Gasteiger partial charge in [-0.15, -0.1) is 22.9 Å². The highest BCUT2D eigenvalue weighted by molar-refractivity contribution is 14.1. The van der Waals surface area contributed by atoms with Crippen molar-refractivity contribution < 1.29 is 4.39 Å². The fraction of sp³-hybridized carbons (Fsp3) is 0.231. The molecule has 0 saturated heterocycles. The predicted molar refractivity (Wildman–Crippen MR) is 80.6 cm³/mol. The van der Waals surface area contributed by atoms with Crippen LogP contribution in [0.2, 0.25) is 0 Å². The minimum absolute atomic E-state index is 0.201. The molecule has 1 heterocycles. The maximum Gasteiger partial charge on any atom is 0.124 e. The molecule has 0 amide bonds. The molecule has 0 aliphatic rings. The summed E-state index contributed by atoms with van der Waals surface area (Å²) in [6.45, 7) is 4.14. The van der Waals surface area contributed by atoms with Crippen molar-refractivity contribution in [3.8, 4) is 0 Å². The Labute approximate surface area is 123 Å². The molecule has 1 aromatic heterocycles. The van der Waals surface area contributed by atoms with Crippen molar-refractivity contribution in [3.63, 3.8) is 0 Å². The van der Waals surface area contributed by atoms with E-state index in [1.54, 1.807) is 17.4 Å². The van der Waals surface area contributed by atoms with Crippen molar-refractivity contribution in [2.24, 2.45) is 0 Å². The maximum absolute atomic E-state index is 13.1. The summed E-state index contributed by atoms with van der Waals surface area (Å²) in [5.41, 5.74) is 2.09. The zero-order chi connectivity index (χ0) is 12.6. The summed E-state index contributed by atoms with van der Waals surface area (Å²) < 4.78 is 13.9.